The fourth-order valence-corrected chi connectivity index (χ4v) is 4.07. The van der Waals surface area contributed by atoms with Crippen LogP contribution in [0.15, 0.2) is 60.8 Å². The molecule has 7 heteroatoms. The Morgan fingerprint density at radius 2 is 1.90 bits per heavy atom. The molecule has 4 rings (SSSR count). The molecule has 0 saturated heterocycles. The second kappa shape index (κ2) is 7.87. The maximum atomic E-state index is 13.0. The molecular weight excluding hydrogens is 366 g/mol. The number of benzene rings is 2. The average Bonchev–Trinajstić information content (AvgIpc) is 3.42. The van der Waals surface area contributed by atoms with Gasteiger partial charge in [-0.25, -0.2) is 4.79 Å². The molecule has 0 aliphatic heterocycles. The molecule has 7 nitrogen and oxygen atoms in total. The van der Waals surface area contributed by atoms with E-state index in [1.807, 2.05) is 65.4 Å². The summed E-state index contributed by atoms with van der Waals surface area (Å²) in [5, 5.41) is 26.0. The topological polar surface area (TPSA) is 96.7 Å². The zero-order valence-corrected chi connectivity index (χ0v) is 16.2. The summed E-state index contributed by atoms with van der Waals surface area (Å²) in [6.07, 6.45) is 5.09. The lowest BCUT2D eigenvalue weighted by Gasteiger charge is -2.34. The lowest BCUT2D eigenvalue weighted by molar-refractivity contribution is -0.145. The van der Waals surface area contributed by atoms with Crippen molar-refractivity contribution in [2.75, 3.05) is 0 Å². The number of carboxylic acid groups (broad SMARTS) is 1. The molecule has 1 unspecified atom stereocenters. The Balaban J connectivity index is 2.00. The van der Waals surface area contributed by atoms with E-state index in [4.69, 9.17) is 0 Å². The van der Waals surface area contributed by atoms with Gasteiger partial charge in [-0.1, -0.05) is 68.7 Å². The van der Waals surface area contributed by atoms with Gasteiger partial charge >= 0.3 is 5.97 Å². The van der Waals surface area contributed by atoms with Crippen molar-refractivity contribution < 1.29 is 9.90 Å². The second-order valence-electron chi connectivity index (χ2n) is 7.15. The lowest BCUT2D eigenvalue weighted by atomic mass is 9.81. The fraction of sp³-hybridized carbons (Fsp3) is 0.273. The Morgan fingerprint density at radius 3 is 2.66 bits per heavy atom. The molecule has 2 heterocycles. The van der Waals surface area contributed by atoms with Gasteiger partial charge in [0.15, 0.2) is 5.54 Å². The highest BCUT2D eigenvalue weighted by atomic mass is 16.4. The summed E-state index contributed by atoms with van der Waals surface area (Å²) >= 11 is 0. The number of H-pyrrole nitrogens is 1. The van der Waals surface area contributed by atoms with Crippen molar-refractivity contribution in [3.05, 3.63) is 66.4 Å². The molecule has 2 N–H and O–H groups in total. The first-order valence-corrected chi connectivity index (χ1v) is 9.81. The zero-order valence-electron chi connectivity index (χ0n) is 16.2. The van der Waals surface area contributed by atoms with Gasteiger partial charge in [-0.05, 0) is 29.2 Å². The molecule has 148 valence electrons. The van der Waals surface area contributed by atoms with Gasteiger partial charge in [0, 0.05) is 22.8 Å². The van der Waals surface area contributed by atoms with Gasteiger partial charge in [-0.15, -0.1) is 10.2 Å². The number of nitrogens with zero attached hydrogens (tertiary/aromatic N) is 4. The number of tetrazole rings is 1. The Bertz CT molecular complexity index is 1120. The summed E-state index contributed by atoms with van der Waals surface area (Å²) in [5.74, 6) is -0.510. The Labute approximate surface area is 168 Å². The minimum absolute atomic E-state index is 0.387. The molecule has 1 atom stereocenters. The van der Waals surface area contributed by atoms with E-state index in [1.54, 1.807) is 0 Å². The zero-order chi connectivity index (χ0) is 20.3. The van der Waals surface area contributed by atoms with E-state index >= 15 is 0 Å². The molecule has 29 heavy (non-hydrogen) atoms. The van der Waals surface area contributed by atoms with Crippen LogP contribution in [0.3, 0.4) is 0 Å². The van der Waals surface area contributed by atoms with Crippen LogP contribution in [0.1, 0.15) is 38.2 Å². The molecule has 2 aromatic carbocycles. The number of aliphatic carboxylic acids is 1. The van der Waals surface area contributed by atoms with Crippen LogP contribution < -0.4 is 0 Å². The number of rotatable bonds is 8. The molecule has 0 aliphatic carbocycles. The van der Waals surface area contributed by atoms with Crippen molar-refractivity contribution in [2.24, 2.45) is 0 Å². The first-order chi connectivity index (χ1) is 14.2. The lowest BCUT2D eigenvalue weighted by Crippen LogP contribution is -2.43. The van der Waals surface area contributed by atoms with E-state index in [0.29, 0.717) is 23.4 Å². The van der Waals surface area contributed by atoms with Gasteiger partial charge in [0.1, 0.15) is 0 Å². The summed E-state index contributed by atoms with van der Waals surface area (Å²) in [5.41, 5.74) is 0.925. The molecule has 0 fully saturated rings. The number of carbonyl (C=O) groups is 1. The van der Waals surface area contributed by atoms with Crippen molar-refractivity contribution in [3.63, 3.8) is 0 Å². The van der Waals surface area contributed by atoms with Crippen LogP contribution in [-0.4, -0.2) is 36.3 Å². The molecule has 0 amide bonds. The summed E-state index contributed by atoms with van der Waals surface area (Å²) < 4.78 is 1.89. The third-order valence-corrected chi connectivity index (χ3v) is 5.47. The van der Waals surface area contributed by atoms with Crippen molar-refractivity contribution in [3.8, 4) is 11.4 Å². The highest BCUT2D eigenvalue weighted by molar-refractivity contribution is 5.89. The first-order valence-electron chi connectivity index (χ1n) is 9.81. The quantitative estimate of drug-likeness (QED) is 0.440. The van der Waals surface area contributed by atoms with Crippen LogP contribution in [-0.2, 0) is 10.3 Å². The number of unbranched alkanes of at least 4 members (excludes halogenated alkanes) is 2. The van der Waals surface area contributed by atoms with Gasteiger partial charge in [0.05, 0.1) is 0 Å². The van der Waals surface area contributed by atoms with E-state index in [1.165, 1.54) is 0 Å². The van der Waals surface area contributed by atoms with Gasteiger partial charge < -0.3 is 9.67 Å². The highest BCUT2D eigenvalue weighted by Crippen LogP contribution is 2.40. The normalized spacial score (nSPS) is 13.4. The van der Waals surface area contributed by atoms with Crippen LogP contribution in [0.25, 0.3) is 22.3 Å². The van der Waals surface area contributed by atoms with Gasteiger partial charge in [-0.2, -0.15) is 5.21 Å². The maximum absolute atomic E-state index is 13.0. The summed E-state index contributed by atoms with van der Waals surface area (Å²) in [6, 6.07) is 17.2. The molecular formula is C22H23N5O2. The minimum Gasteiger partial charge on any atom is -0.479 e. The number of hydrogen-bond acceptors (Lipinski definition) is 4. The van der Waals surface area contributed by atoms with E-state index in [9.17, 15) is 9.90 Å². The van der Waals surface area contributed by atoms with Crippen LogP contribution in [0.5, 0.6) is 0 Å². The number of hydrogen-bond donors (Lipinski definition) is 2. The SMILES string of the molecule is CCCCCC(C(=O)O)(c1ccccc1-c1nn[nH]n1)n1ccc2ccccc21. The van der Waals surface area contributed by atoms with Crippen molar-refractivity contribution >= 4 is 16.9 Å². The predicted molar refractivity (Wildman–Crippen MR) is 110 cm³/mol. The van der Waals surface area contributed by atoms with E-state index in [-0.39, 0.29) is 0 Å². The van der Waals surface area contributed by atoms with Gasteiger partial charge in [0.2, 0.25) is 5.82 Å². The minimum atomic E-state index is -1.28. The smallest absolute Gasteiger partial charge is 0.334 e. The third-order valence-electron chi connectivity index (χ3n) is 5.47. The Hall–Kier alpha value is -3.48. The second-order valence-corrected chi connectivity index (χ2v) is 7.15. The molecule has 0 saturated carbocycles. The summed E-state index contributed by atoms with van der Waals surface area (Å²) in [4.78, 5) is 13.0. The third kappa shape index (κ3) is 3.18. The Kier molecular flexibility index (Phi) is 5.12. The molecule has 0 radical (unpaired) electrons. The van der Waals surface area contributed by atoms with Crippen LogP contribution in [0.2, 0.25) is 0 Å². The molecule has 0 bridgehead atoms. The van der Waals surface area contributed by atoms with Crippen molar-refractivity contribution in [1.29, 1.82) is 0 Å². The fourth-order valence-electron chi connectivity index (χ4n) is 4.07. The molecule has 4 aromatic rings. The summed E-state index contributed by atoms with van der Waals surface area (Å²) in [7, 11) is 0. The molecule has 0 aliphatic rings. The van der Waals surface area contributed by atoms with E-state index < -0.39 is 11.5 Å². The largest absolute Gasteiger partial charge is 0.479 e. The number of aromatic amines is 1. The van der Waals surface area contributed by atoms with E-state index in [0.717, 1.165) is 30.2 Å². The number of carboxylic acids is 1. The Morgan fingerprint density at radius 1 is 1.10 bits per heavy atom. The van der Waals surface area contributed by atoms with Gasteiger partial charge in [0.25, 0.3) is 0 Å². The first kappa shape index (κ1) is 18.9. The number of aromatic nitrogens is 5. The van der Waals surface area contributed by atoms with Crippen molar-refractivity contribution in [2.45, 2.75) is 38.1 Å². The number of para-hydroxylation sites is 1. The van der Waals surface area contributed by atoms with Crippen LogP contribution >= 0.6 is 0 Å². The number of fused-ring (bicyclic) bond motifs is 1. The highest BCUT2D eigenvalue weighted by Gasteiger charge is 2.44. The van der Waals surface area contributed by atoms with Crippen LogP contribution in [0, 0.1) is 0 Å². The molecule has 0 spiro atoms. The van der Waals surface area contributed by atoms with Crippen LogP contribution in [0.4, 0.5) is 0 Å². The molecule has 2 aromatic heterocycles. The summed E-state index contributed by atoms with van der Waals surface area (Å²) in [6.45, 7) is 2.11. The van der Waals surface area contributed by atoms with E-state index in [2.05, 4.69) is 27.5 Å². The monoisotopic (exact) mass is 389 g/mol. The number of nitrogens with one attached hydrogen (secondary N) is 1. The maximum Gasteiger partial charge on any atom is 0.334 e. The van der Waals surface area contributed by atoms with Gasteiger partial charge in [-0.3, -0.25) is 0 Å². The van der Waals surface area contributed by atoms with Crippen molar-refractivity contribution in [1.82, 2.24) is 25.2 Å². The standard InChI is InChI=1S/C22H23N5O2/c1-2-3-8-14-22(21(28)29,27-15-13-16-9-4-7-12-19(16)27)18-11-6-5-10-17(18)20-23-25-26-24-20/h4-7,9-13,15H,2-3,8,14H2,1H3,(H,28,29)(H,23,24,25,26). The predicted octanol–water partition coefficient (Wildman–Crippen LogP) is 4.23. The average molecular weight is 389 g/mol.